The highest BCUT2D eigenvalue weighted by atomic mass is 16.5. The average Bonchev–Trinajstić information content (AvgIpc) is 2.97. The average molecular weight is 354 g/mol. The molecule has 0 radical (unpaired) electrons. The summed E-state index contributed by atoms with van der Waals surface area (Å²) in [5.74, 6) is 0.849. The third kappa shape index (κ3) is 3.82. The summed E-state index contributed by atoms with van der Waals surface area (Å²) in [6, 6.07) is 5.19. The van der Waals surface area contributed by atoms with Gasteiger partial charge in [0.05, 0.1) is 7.11 Å². The lowest BCUT2D eigenvalue weighted by Gasteiger charge is -2.19. The normalized spacial score (nSPS) is 18.3. The predicted molar refractivity (Wildman–Crippen MR) is 99.2 cm³/mol. The molecule has 26 heavy (non-hydrogen) atoms. The zero-order chi connectivity index (χ0) is 18.7. The van der Waals surface area contributed by atoms with Gasteiger partial charge in [0.1, 0.15) is 22.9 Å². The molecule has 136 valence electrons. The molecular formula is C21H22O5. The van der Waals surface area contributed by atoms with Crippen molar-refractivity contribution in [3.05, 3.63) is 65.2 Å². The summed E-state index contributed by atoms with van der Waals surface area (Å²) in [5, 5.41) is 19.5. The minimum Gasteiger partial charge on any atom is -0.508 e. The Morgan fingerprint density at radius 2 is 2.15 bits per heavy atom. The smallest absolute Gasteiger partial charge is 0.328 e. The van der Waals surface area contributed by atoms with Crippen LogP contribution in [0.25, 0.3) is 11.0 Å². The number of phenols is 1. The Bertz CT molecular complexity index is 914. The Labute approximate surface area is 151 Å². The van der Waals surface area contributed by atoms with Gasteiger partial charge < -0.3 is 19.4 Å². The van der Waals surface area contributed by atoms with E-state index in [-0.39, 0.29) is 11.7 Å². The van der Waals surface area contributed by atoms with Gasteiger partial charge in [0.25, 0.3) is 0 Å². The summed E-state index contributed by atoms with van der Waals surface area (Å²) in [4.78, 5) is 10.7. The molecule has 0 saturated carbocycles. The summed E-state index contributed by atoms with van der Waals surface area (Å²) in [6.45, 7) is 1.96. The van der Waals surface area contributed by atoms with Crippen molar-refractivity contribution in [2.24, 2.45) is 0 Å². The van der Waals surface area contributed by atoms with Crippen molar-refractivity contribution in [1.82, 2.24) is 0 Å². The number of aryl methyl sites for hydroxylation is 1. The predicted octanol–water partition coefficient (Wildman–Crippen LogP) is 4.68. The fourth-order valence-electron chi connectivity index (χ4n) is 3.46. The Hall–Kier alpha value is -2.95. The first-order chi connectivity index (χ1) is 12.5. The van der Waals surface area contributed by atoms with E-state index in [4.69, 9.17) is 14.3 Å². The van der Waals surface area contributed by atoms with E-state index in [1.807, 2.05) is 13.0 Å². The number of benzene rings is 1. The van der Waals surface area contributed by atoms with Crippen LogP contribution in [0.15, 0.2) is 58.3 Å². The van der Waals surface area contributed by atoms with E-state index in [2.05, 4.69) is 6.08 Å². The summed E-state index contributed by atoms with van der Waals surface area (Å²) in [7, 11) is 1.51. The number of carboxylic acids is 1. The van der Waals surface area contributed by atoms with Crippen LogP contribution in [-0.4, -0.2) is 23.3 Å². The van der Waals surface area contributed by atoms with Crippen LogP contribution in [0.4, 0.5) is 0 Å². The second-order valence-corrected chi connectivity index (χ2v) is 6.45. The van der Waals surface area contributed by atoms with Crippen LogP contribution < -0.4 is 0 Å². The molecule has 0 unspecified atom stereocenters. The lowest BCUT2D eigenvalue weighted by atomic mass is 9.84. The van der Waals surface area contributed by atoms with E-state index in [1.165, 1.54) is 13.2 Å². The van der Waals surface area contributed by atoms with Crippen LogP contribution in [0.5, 0.6) is 5.75 Å². The summed E-state index contributed by atoms with van der Waals surface area (Å²) in [6.07, 6.45) is 9.36. The number of carboxylic acid groups (broad SMARTS) is 1. The van der Waals surface area contributed by atoms with Crippen molar-refractivity contribution in [1.29, 1.82) is 0 Å². The fourth-order valence-corrected chi connectivity index (χ4v) is 3.46. The molecule has 3 rings (SSSR count). The Balaban J connectivity index is 1.96. The van der Waals surface area contributed by atoms with Crippen LogP contribution in [-0.2, 0) is 16.0 Å². The highest BCUT2D eigenvalue weighted by molar-refractivity contribution is 5.85. The van der Waals surface area contributed by atoms with Crippen molar-refractivity contribution < 1.29 is 24.2 Å². The number of aliphatic carboxylic acids is 1. The number of fused-ring (bicyclic) bond motifs is 3. The number of aromatic hydroxyl groups is 1. The molecule has 0 spiro atoms. The molecule has 0 fully saturated rings. The van der Waals surface area contributed by atoms with E-state index >= 15 is 0 Å². The van der Waals surface area contributed by atoms with Gasteiger partial charge in [-0.15, -0.1) is 0 Å². The van der Waals surface area contributed by atoms with Gasteiger partial charge in [0.2, 0.25) is 0 Å². The van der Waals surface area contributed by atoms with E-state index in [1.54, 1.807) is 18.2 Å². The second-order valence-electron chi connectivity index (χ2n) is 6.45. The standard InChI is InChI=1S/C21H22O5/c1-13(11-16(25-2)7-9-20(23)24)10-14-4-3-5-19-21(14)17-12-15(22)6-8-18(17)26-19/h6-12,14,22H,3-5H2,1-2H3,(H,23,24)/b9-7+,13-10+,16-11-/t14-/m0/s1. The van der Waals surface area contributed by atoms with Crippen LogP contribution >= 0.6 is 0 Å². The molecule has 1 aliphatic carbocycles. The SMILES string of the molecule is COC(=C\C(C)=C\[C@@H]1CCCc2oc3ccc(O)cc3c21)/C=C/C(=O)O. The minimum atomic E-state index is -1.02. The summed E-state index contributed by atoms with van der Waals surface area (Å²) < 4.78 is 11.2. The summed E-state index contributed by atoms with van der Waals surface area (Å²) >= 11 is 0. The number of hydrogen-bond donors (Lipinski definition) is 2. The Kier molecular flexibility index (Phi) is 5.16. The minimum absolute atomic E-state index is 0.180. The molecule has 0 saturated heterocycles. The Morgan fingerprint density at radius 3 is 2.88 bits per heavy atom. The van der Waals surface area contributed by atoms with Crippen LogP contribution in [0.2, 0.25) is 0 Å². The third-order valence-electron chi connectivity index (χ3n) is 4.54. The number of methoxy groups -OCH3 is 1. The zero-order valence-corrected chi connectivity index (χ0v) is 14.9. The largest absolute Gasteiger partial charge is 0.508 e. The molecule has 1 aromatic carbocycles. The number of allylic oxidation sites excluding steroid dienone is 4. The van der Waals surface area contributed by atoms with E-state index in [0.717, 1.165) is 53.2 Å². The maximum atomic E-state index is 10.7. The number of carbonyl (C=O) groups is 1. The van der Waals surface area contributed by atoms with Gasteiger partial charge in [0.15, 0.2) is 0 Å². The monoisotopic (exact) mass is 354 g/mol. The van der Waals surface area contributed by atoms with Crippen molar-refractivity contribution >= 4 is 16.9 Å². The second kappa shape index (κ2) is 7.52. The van der Waals surface area contributed by atoms with E-state index in [9.17, 15) is 9.90 Å². The molecule has 1 heterocycles. The first-order valence-corrected chi connectivity index (χ1v) is 8.57. The lowest BCUT2D eigenvalue weighted by Crippen LogP contribution is -2.06. The van der Waals surface area contributed by atoms with E-state index in [0.29, 0.717) is 5.76 Å². The molecule has 2 N–H and O–H groups in total. The van der Waals surface area contributed by atoms with E-state index < -0.39 is 5.97 Å². The summed E-state index contributed by atoms with van der Waals surface area (Å²) in [5.41, 5.74) is 2.91. The molecule has 0 aliphatic heterocycles. The number of furan rings is 1. The van der Waals surface area contributed by atoms with Gasteiger partial charge in [-0.05, 0) is 50.1 Å². The van der Waals surface area contributed by atoms with Crippen LogP contribution in [0.3, 0.4) is 0 Å². The Morgan fingerprint density at radius 1 is 1.35 bits per heavy atom. The van der Waals surface area contributed by atoms with Gasteiger partial charge in [-0.25, -0.2) is 4.79 Å². The van der Waals surface area contributed by atoms with Gasteiger partial charge in [-0.2, -0.15) is 0 Å². The third-order valence-corrected chi connectivity index (χ3v) is 4.54. The first kappa shape index (κ1) is 17.9. The number of hydrogen-bond acceptors (Lipinski definition) is 4. The zero-order valence-electron chi connectivity index (χ0n) is 14.9. The van der Waals surface area contributed by atoms with Gasteiger partial charge >= 0.3 is 5.97 Å². The first-order valence-electron chi connectivity index (χ1n) is 8.57. The number of rotatable bonds is 5. The molecule has 2 aromatic rings. The van der Waals surface area contributed by atoms with Gasteiger partial charge in [-0.1, -0.05) is 11.6 Å². The van der Waals surface area contributed by atoms with Crippen molar-refractivity contribution in [2.75, 3.05) is 7.11 Å². The lowest BCUT2D eigenvalue weighted by molar-refractivity contribution is -0.131. The quantitative estimate of drug-likeness (QED) is 0.463. The van der Waals surface area contributed by atoms with Crippen LogP contribution in [0, 0.1) is 0 Å². The molecule has 0 bridgehead atoms. The number of phenolic OH excluding ortho intramolecular Hbond substituents is 1. The van der Waals surface area contributed by atoms with Gasteiger partial charge in [0, 0.05) is 29.4 Å². The molecule has 1 aliphatic rings. The van der Waals surface area contributed by atoms with Crippen molar-refractivity contribution in [2.45, 2.75) is 32.1 Å². The maximum Gasteiger partial charge on any atom is 0.328 e. The van der Waals surface area contributed by atoms with Crippen LogP contribution in [0.1, 0.15) is 37.0 Å². The highest BCUT2D eigenvalue weighted by Gasteiger charge is 2.25. The number of ether oxygens (including phenoxy) is 1. The molecule has 1 atom stereocenters. The molecule has 0 amide bonds. The highest BCUT2D eigenvalue weighted by Crippen LogP contribution is 2.41. The maximum absolute atomic E-state index is 10.7. The molecular weight excluding hydrogens is 332 g/mol. The van der Waals surface area contributed by atoms with Gasteiger partial charge in [-0.3, -0.25) is 0 Å². The molecule has 5 nitrogen and oxygen atoms in total. The van der Waals surface area contributed by atoms with Crippen molar-refractivity contribution in [3.8, 4) is 5.75 Å². The van der Waals surface area contributed by atoms with Crippen molar-refractivity contribution in [3.63, 3.8) is 0 Å². The molecule has 1 aromatic heterocycles. The topological polar surface area (TPSA) is 79.9 Å². The molecule has 5 heteroatoms. The fraction of sp³-hybridized carbons (Fsp3) is 0.286.